The maximum absolute atomic E-state index is 5.69. The van der Waals surface area contributed by atoms with Gasteiger partial charge in [0.05, 0.1) is 6.61 Å². The second-order valence-corrected chi connectivity index (χ2v) is 6.17. The molecule has 2 rings (SSSR count). The summed E-state index contributed by atoms with van der Waals surface area (Å²) in [5.74, 6) is 1.68. The topological polar surface area (TPSA) is 21.3 Å². The second-order valence-electron chi connectivity index (χ2n) is 6.17. The average molecular weight is 225 g/mol. The van der Waals surface area contributed by atoms with Crippen molar-refractivity contribution < 1.29 is 4.74 Å². The predicted molar refractivity (Wildman–Crippen MR) is 67.5 cm³/mol. The van der Waals surface area contributed by atoms with E-state index in [0.717, 1.165) is 31.6 Å². The zero-order valence-corrected chi connectivity index (χ0v) is 10.9. The third-order valence-corrected chi connectivity index (χ3v) is 4.38. The SMILES string of the molecule is CC(C)CNCC1(C2CCCC2)CCOC1. The summed E-state index contributed by atoms with van der Waals surface area (Å²) in [6.07, 6.45) is 7.04. The fourth-order valence-electron chi connectivity index (χ4n) is 3.38. The van der Waals surface area contributed by atoms with E-state index < -0.39 is 0 Å². The van der Waals surface area contributed by atoms with Gasteiger partial charge in [0, 0.05) is 18.6 Å². The molecule has 2 aliphatic rings. The van der Waals surface area contributed by atoms with Crippen molar-refractivity contribution in [3.05, 3.63) is 0 Å². The van der Waals surface area contributed by atoms with E-state index in [-0.39, 0.29) is 0 Å². The molecule has 1 heterocycles. The van der Waals surface area contributed by atoms with Gasteiger partial charge < -0.3 is 10.1 Å². The third-order valence-electron chi connectivity index (χ3n) is 4.38. The van der Waals surface area contributed by atoms with E-state index in [1.807, 2.05) is 0 Å². The molecule has 2 heteroatoms. The van der Waals surface area contributed by atoms with Crippen LogP contribution in [-0.4, -0.2) is 26.3 Å². The highest BCUT2D eigenvalue weighted by Crippen LogP contribution is 2.44. The lowest BCUT2D eigenvalue weighted by molar-refractivity contribution is 0.105. The molecule has 1 N–H and O–H groups in total. The van der Waals surface area contributed by atoms with Crippen LogP contribution in [0.5, 0.6) is 0 Å². The van der Waals surface area contributed by atoms with Crippen LogP contribution in [0.25, 0.3) is 0 Å². The molecule has 0 aromatic heterocycles. The zero-order valence-electron chi connectivity index (χ0n) is 10.9. The molecule has 1 unspecified atom stereocenters. The molecular weight excluding hydrogens is 198 g/mol. The van der Waals surface area contributed by atoms with Gasteiger partial charge in [0.1, 0.15) is 0 Å². The summed E-state index contributed by atoms with van der Waals surface area (Å²) in [4.78, 5) is 0. The largest absolute Gasteiger partial charge is 0.381 e. The molecule has 16 heavy (non-hydrogen) atoms. The lowest BCUT2D eigenvalue weighted by Gasteiger charge is -2.34. The fraction of sp³-hybridized carbons (Fsp3) is 1.00. The van der Waals surface area contributed by atoms with Gasteiger partial charge in [-0.25, -0.2) is 0 Å². The van der Waals surface area contributed by atoms with Crippen LogP contribution in [0.4, 0.5) is 0 Å². The average Bonchev–Trinajstić information content (AvgIpc) is 2.87. The predicted octanol–water partition coefficient (Wildman–Crippen LogP) is 2.83. The van der Waals surface area contributed by atoms with Crippen LogP contribution in [0.15, 0.2) is 0 Å². The normalized spacial score (nSPS) is 31.7. The standard InChI is InChI=1S/C14H27NO/c1-12(2)9-15-10-14(7-8-16-11-14)13-5-3-4-6-13/h12-13,15H,3-11H2,1-2H3. The molecule has 0 radical (unpaired) electrons. The molecule has 0 aromatic rings. The highest BCUT2D eigenvalue weighted by atomic mass is 16.5. The van der Waals surface area contributed by atoms with E-state index in [2.05, 4.69) is 19.2 Å². The van der Waals surface area contributed by atoms with E-state index in [1.54, 1.807) is 0 Å². The van der Waals surface area contributed by atoms with Gasteiger partial charge in [0.25, 0.3) is 0 Å². The molecule has 0 amide bonds. The van der Waals surface area contributed by atoms with Crippen molar-refractivity contribution in [2.45, 2.75) is 46.0 Å². The molecule has 1 atom stereocenters. The molecule has 1 aliphatic carbocycles. The van der Waals surface area contributed by atoms with E-state index >= 15 is 0 Å². The molecule has 1 saturated carbocycles. The summed E-state index contributed by atoms with van der Waals surface area (Å²) in [6.45, 7) is 8.87. The first-order valence-electron chi connectivity index (χ1n) is 7.01. The van der Waals surface area contributed by atoms with Crippen molar-refractivity contribution in [1.29, 1.82) is 0 Å². The number of hydrogen-bond donors (Lipinski definition) is 1. The number of ether oxygens (including phenoxy) is 1. The Hall–Kier alpha value is -0.0800. The number of hydrogen-bond acceptors (Lipinski definition) is 2. The quantitative estimate of drug-likeness (QED) is 0.777. The van der Waals surface area contributed by atoms with E-state index in [1.165, 1.54) is 38.6 Å². The molecule has 2 fully saturated rings. The summed E-state index contributed by atoms with van der Waals surface area (Å²) >= 11 is 0. The summed E-state index contributed by atoms with van der Waals surface area (Å²) in [5.41, 5.74) is 0.478. The van der Waals surface area contributed by atoms with E-state index in [9.17, 15) is 0 Å². The van der Waals surface area contributed by atoms with Gasteiger partial charge in [-0.2, -0.15) is 0 Å². The maximum atomic E-state index is 5.69. The summed E-state index contributed by atoms with van der Waals surface area (Å²) in [5, 5.41) is 3.66. The zero-order chi connectivity index (χ0) is 11.4. The van der Waals surface area contributed by atoms with Crippen LogP contribution < -0.4 is 5.32 Å². The van der Waals surface area contributed by atoms with Crippen molar-refractivity contribution in [3.8, 4) is 0 Å². The summed E-state index contributed by atoms with van der Waals surface area (Å²) in [7, 11) is 0. The minimum atomic E-state index is 0.478. The Kier molecular flexibility index (Phi) is 4.26. The molecule has 0 aromatic carbocycles. The first-order chi connectivity index (χ1) is 7.73. The highest BCUT2D eigenvalue weighted by molar-refractivity contribution is 4.93. The number of rotatable bonds is 5. The van der Waals surface area contributed by atoms with Crippen LogP contribution in [0, 0.1) is 17.3 Å². The van der Waals surface area contributed by atoms with E-state index in [0.29, 0.717) is 5.41 Å². The first-order valence-corrected chi connectivity index (χ1v) is 7.01. The van der Waals surface area contributed by atoms with Crippen LogP contribution in [0.3, 0.4) is 0 Å². The van der Waals surface area contributed by atoms with Gasteiger partial charge in [-0.1, -0.05) is 26.7 Å². The van der Waals surface area contributed by atoms with Crippen molar-refractivity contribution in [1.82, 2.24) is 5.32 Å². The fourth-order valence-corrected chi connectivity index (χ4v) is 3.38. The Labute approximate surface area is 100 Å². The molecule has 1 aliphatic heterocycles. The molecule has 0 bridgehead atoms. The molecule has 94 valence electrons. The number of nitrogens with one attached hydrogen (secondary N) is 1. The lowest BCUT2D eigenvalue weighted by atomic mass is 9.73. The van der Waals surface area contributed by atoms with E-state index in [4.69, 9.17) is 4.74 Å². The van der Waals surface area contributed by atoms with Gasteiger partial charge in [0.2, 0.25) is 0 Å². The van der Waals surface area contributed by atoms with Gasteiger partial charge in [-0.05, 0) is 37.6 Å². The molecular formula is C14H27NO. The van der Waals surface area contributed by atoms with Crippen molar-refractivity contribution in [3.63, 3.8) is 0 Å². The maximum Gasteiger partial charge on any atom is 0.0538 e. The first kappa shape index (κ1) is 12.4. The van der Waals surface area contributed by atoms with Gasteiger partial charge in [0.15, 0.2) is 0 Å². The third kappa shape index (κ3) is 2.78. The Balaban J connectivity index is 1.87. The van der Waals surface area contributed by atoms with Crippen LogP contribution >= 0.6 is 0 Å². The van der Waals surface area contributed by atoms with Crippen LogP contribution in [0.2, 0.25) is 0 Å². The second kappa shape index (κ2) is 5.50. The highest BCUT2D eigenvalue weighted by Gasteiger charge is 2.42. The Morgan fingerprint density at radius 2 is 2.06 bits per heavy atom. The Bertz CT molecular complexity index is 203. The summed E-state index contributed by atoms with van der Waals surface area (Å²) < 4.78 is 5.69. The van der Waals surface area contributed by atoms with Gasteiger partial charge in [-0.15, -0.1) is 0 Å². The smallest absolute Gasteiger partial charge is 0.0538 e. The van der Waals surface area contributed by atoms with Gasteiger partial charge >= 0.3 is 0 Å². The van der Waals surface area contributed by atoms with Crippen molar-refractivity contribution in [2.24, 2.45) is 17.3 Å². The van der Waals surface area contributed by atoms with Crippen molar-refractivity contribution in [2.75, 3.05) is 26.3 Å². The summed E-state index contributed by atoms with van der Waals surface area (Å²) in [6, 6.07) is 0. The van der Waals surface area contributed by atoms with Crippen LogP contribution in [-0.2, 0) is 4.74 Å². The molecule has 0 spiro atoms. The van der Waals surface area contributed by atoms with Crippen molar-refractivity contribution >= 4 is 0 Å². The molecule has 1 saturated heterocycles. The monoisotopic (exact) mass is 225 g/mol. The minimum absolute atomic E-state index is 0.478. The minimum Gasteiger partial charge on any atom is -0.381 e. The lowest BCUT2D eigenvalue weighted by Crippen LogP contribution is -2.41. The van der Waals surface area contributed by atoms with Crippen LogP contribution in [0.1, 0.15) is 46.0 Å². The Morgan fingerprint density at radius 3 is 2.62 bits per heavy atom. The Morgan fingerprint density at radius 1 is 1.31 bits per heavy atom. The van der Waals surface area contributed by atoms with Gasteiger partial charge in [-0.3, -0.25) is 0 Å². The molecule has 2 nitrogen and oxygen atoms in total.